The molecule has 1 atom stereocenters. The summed E-state index contributed by atoms with van der Waals surface area (Å²) < 4.78 is 0. The smallest absolute Gasteiger partial charge is 0.222 e. The van der Waals surface area contributed by atoms with Crippen LogP contribution in [0.25, 0.3) is 0 Å². The average Bonchev–Trinajstić information content (AvgIpc) is 3.01. The van der Waals surface area contributed by atoms with E-state index in [-0.39, 0.29) is 0 Å². The van der Waals surface area contributed by atoms with E-state index in [1.165, 1.54) is 19.3 Å². The lowest BCUT2D eigenvalue weighted by atomic mass is 10.2. The molecule has 0 amide bonds. The van der Waals surface area contributed by atoms with Gasteiger partial charge >= 0.3 is 0 Å². The second-order valence-electron chi connectivity index (χ2n) is 5.64. The Morgan fingerprint density at radius 2 is 2.22 bits per heavy atom. The van der Waals surface area contributed by atoms with Crippen molar-refractivity contribution < 1.29 is 0 Å². The highest BCUT2D eigenvalue weighted by atomic mass is 15.2. The first-order valence-electron chi connectivity index (χ1n) is 6.77. The molecule has 1 aliphatic heterocycles. The Labute approximate surface area is 108 Å². The van der Waals surface area contributed by atoms with Crippen LogP contribution in [0.4, 0.5) is 11.8 Å². The standard InChI is InChI=1S/C13H21N5/c1-18-5-4-10(8-18)15-12-7-11(6-9-2-3-9)16-13(14)17-12/h7,9-10H,2-6,8H2,1H3,(H3,14,15,16,17)/t10-/m1/s1. The summed E-state index contributed by atoms with van der Waals surface area (Å²) in [6, 6.07) is 2.55. The van der Waals surface area contributed by atoms with E-state index in [1.807, 2.05) is 0 Å². The third-order valence-electron chi connectivity index (χ3n) is 3.73. The van der Waals surface area contributed by atoms with E-state index in [9.17, 15) is 0 Å². The molecule has 5 nitrogen and oxygen atoms in total. The lowest BCUT2D eigenvalue weighted by Crippen LogP contribution is -2.24. The van der Waals surface area contributed by atoms with Crippen LogP contribution < -0.4 is 11.1 Å². The summed E-state index contributed by atoms with van der Waals surface area (Å²) in [7, 11) is 2.15. The highest BCUT2D eigenvalue weighted by Crippen LogP contribution is 2.32. The quantitative estimate of drug-likeness (QED) is 0.835. The minimum Gasteiger partial charge on any atom is -0.368 e. The Kier molecular flexibility index (Phi) is 3.07. The zero-order valence-corrected chi connectivity index (χ0v) is 10.9. The summed E-state index contributed by atoms with van der Waals surface area (Å²) in [5.41, 5.74) is 6.87. The molecule has 1 saturated heterocycles. The summed E-state index contributed by atoms with van der Waals surface area (Å²) in [4.78, 5) is 10.9. The summed E-state index contributed by atoms with van der Waals surface area (Å²) in [6.45, 7) is 2.22. The van der Waals surface area contributed by atoms with E-state index in [2.05, 4.69) is 33.3 Å². The molecule has 2 fully saturated rings. The number of nitrogens with two attached hydrogens (primary N) is 1. The number of likely N-dealkylation sites (tertiary alicyclic amines) is 1. The number of rotatable bonds is 4. The molecule has 1 aromatic rings. The number of likely N-dealkylation sites (N-methyl/N-ethyl adjacent to an activating group) is 1. The fraction of sp³-hybridized carbons (Fsp3) is 0.692. The minimum atomic E-state index is 0.391. The molecule has 2 aliphatic rings. The maximum absolute atomic E-state index is 5.78. The first-order chi connectivity index (χ1) is 8.69. The Morgan fingerprint density at radius 1 is 1.39 bits per heavy atom. The van der Waals surface area contributed by atoms with Crippen molar-refractivity contribution in [3.05, 3.63) is 11.8 Å². The van der Waals surface area contributed by atoms with E-state index < -0.39 is 0 Å². The molecule has 0 aromatic carbocycles. The average molecular weight is 247 g/mol. The second kappa shape index (κ2) is 4.72. The van der Waals surface area contributed by atoms with Crippen molar-refractivity contribution in [2.45, 2.75) is 31.7 Å². The van der Waals surface area contributed by atoms with Crippen molar-refractivity contribution in [2.75, 3.05) is 31.2 Å². The molecule has 0 bridgehead atoms. The van der Waals surface area contributed by atoms with Crippen molar-refractivity contribution >= 4 is 11.8 Å². The predicted octanol–water partition coefficient (Wildman–Crippen LogP) is 1.13. The minimum absolute atomic E-state index is 0.391. The van der Waals surface area contributed by atoms with Crippen LogP contribution in [0, 0.1) is 5.92 Å². The van der Waals surface area contributed by atoms with Crippen LogP contribution in [0.3, 0.4) is 0 Å². The highest BCUT2D eigenvalue weighted by Gasteiger charge is 2.23. The summed E-state index contributed by atoms with van der Waals surface area (Å²) in [5, 5.41) is 3.47. The molecule has 2 heterocycles. The molecular formula is C13H21N5. The fourth-order valence-electron chi connectivity index (χ4n) is 2.58. The van der Waals surface area contributed by atoms with Gasteiger partial charge in [-0.15, -0.1) is 0 Å². The van der Waals surface area contributed by atoms with Gasteiger partial charge in [-0.05, 0) is 45.2 Å². The number of nitrogen functional groups attached to an aromatic ring is 1. The van der Waals surface area contributed by atoms with Crippen LogP contribution in [-0.4, -0.2) is 41.0 Å². The van der Waals surface area contributed by atoms with Crippen LogP contribution in [0.1, 0.15) is 25.0 Å². The van der Waals surface area contributed by atoms with E-state index in [0.29, 0.717) is 12.0 Å². The highest BCUT2D eigenvalue weighted by molar-refractivity contribution is 5.42. The molecule has 98 valence electrons. The van der Waals surface area contributed by atoms with E-state index in [1.54, 1.807) is 0 Å². The number of nitrogens with zero attached hydrogens (tertiary/aromatic N) is 3. The van der Waals surface area contributed by atoms with Gasteiger partial charge in [-0.2, -0.15) is 4.98 Å². The molecule has 3 rings (SSSR count). The molecule has 1 aliphatic carbocycles. The van der Waals surface area contributed by atoms with Crippen molar-refractivity contribution in [3.8, 4) is 0 Å². The summed E-state index contributed by atoms with van der Waals surface area (Å²) in [5.74, 6) is 2.10. The Morgan fingerprint density at radius 3 is 2.89 bits per heavy atom. The van der Waals surface area contributed by atoms with Crippen molar-refractivity contribution in [1.82, 2.24) is 14.9 Å². The maximum atomic E-state index is 5.78. The monoisotopic (exact) mass is 247 g/mol. The molecule has 0 radical (unpaired) electrons. The van der Waals surface area contributed by atoms with Crippen LogP contribution in [0.2, 0.25) is 0 Å². The third kappa shape index (κ3) is 2.90. The van der Waals surface area contributed by atoms with Gasteiger partial charge in [-0.3, -0.25) is 0 Å². The first kappa shape index (κ1) is 11.7. The zero-order valence-electron chi connectivity index (χ0n) is 10.9. The lowest BCUT2D eigenvalue weighted by molar-refractivity contribution is 0.414. The number of nitrogens with one attached hydrogen (secondary N) is 1. The zero-order chi connectivity index (χ0) is 12.5. The van der Waals surface area contributed by atoms with Gasteiger partial charge in [-0.1, -0.05) is 0 Å². The molecule has 18 heavy (non-hydrogen) atoms. The van der Waals surface area contributed by atoms with Gasteiger partial charge < -0.3 is 16.0 Å². The molecule has 0 unspecified atom stereocenters. The van der Waals surface area contributed by atoms with Crippen LogP contribution in [0.5, 0.6) is 0 Å². The number of hydrogen-bond donors (Lipinski definition) is 2. The molecular weight excluding hydrogens is 226 g/mol. The molecule has 0 spiro atoms. The number of hydrogen-bond acceptors (Lipinski definition) is 5. The summed E-state index contributed by atoms with van der Waals surface area (Å²) >= 11 is 0. The third-order valence-corrected chi connectivity index (χ3v) is 3.73. The molecule has 1 saturated carbocycles. The number of aromatic nitrogens is 2. The van der Waals surface area contributed by atoms with Crippen molar-refractivity contribution in [1.29, 1.82) is 0 Å². The van der Waals surface area contributed by atoms with Gasteiger partial charge in [0.25, 0.3) is 0 Å². The molecule has 1 aromatic heterocycles. The fourth-order valence-corrected chi connectivity index (χ4v) is 2.58. The van der Waals surface area contributed by atoms with Crippen molar-refractivity contribution in [3.63, 3.8) is 0 Å². The topological polar surface area (TPSA) is 67.1 Å². The Hall–Kier alpha value is -1.36. The molecule has 5 heteroatoms. The van der Waals surface area contributed by atoms with E-state index in [0.717, 1.165) is 36.9 Å². The van der Waals surface area contributed by atoms with Crippen LogP contribution >= 0.6 is 0 Å². The summed E-state index contributed by atoms with van der Waals surface area (Å²) in [6.07, 6.45) is 4.88. The number of anilines is 2. The normalized spacial score (nSPS) is 24.4. The van der Waals surface area contributed by atoms with Crippen LogP contribution in [-0.2, 0) is 6.42 Å². The van der Waals surface area contributed by atoms with Crippen molar-refractivity contribution in [2.24, 2.45) is 5.92 Å². The lowest BCUT2D eigenvalue weighted by Gasteiger charge is -2.14. The maximum Gasteiger partial charge on any atom is 0.222 e. The van der Waals surface area contributed by atoms with E-state index in [4.69, 9.17) is 5.73 Å². The van der Waals surface area contributed by atoms with Gasteiger partial charge in [0.15, 0.2) is 0 Å². The van der Waals surface area contributed by atoms with Gasteiger partial charge in [0.05, 0.1) is 0 Å². The van der Waals surface area contributed by atoms with Gasteiger partial charge in [0.2, 0.25) is 5.95 Å². The predicted molar refractivity (Wildman–Crippen MR) is 72.4 cm³/mol. The van der Waals surface area contributed by atoms with E-state index >= 15 is 0 Å². The molecule has 3 N–H and O–H groups in total. The van der Waals surface area contributed by atoms with Gasteiger partial charge in [0, 0.05) is 24.3 Å². The van der Waals surface area contributed by atoms with Gasteiger partial charge in [-0.25, -0.2) is 4.98 Å². The SMILES string of the molecule is CN1CC[C@@H](Nc2cc(CC3CC3)nc(N)n2)C1. The van der Waals surface area contributed by atoms with Gasteiger partial charge in [0.1, 0.15) is 5.82 Å². The largest absolute Gasteiger partial charge is 0.368 e. The Bertz CT molecular complexity index is 429. The second-order valence-corrected chi connectivity index (χ2v) is 5.64. The van der Waals surface area contributed by atoms with Crippen LogP contribution in [0.15, 0.2) is 6.07 Å². The Balaban J connectivity index is 1.68. The first-order valence-corrected chi connectivity index (χ1v) is 6.77.